The number of hydrogen-bond acceptors (Lipinski definition) is 1. The van der Waals surface area contributed by atoms with E-state index in [1.807, 2.05) is 0 Å². The van der Waals surface area contributed by atoms with E-state index in [1.165, 1.54) is 167 Å². The van der Waals surface area contributed by atoms with E-state index in [4.69, 9.17) is 0 Å². The van der Waals surface area contributed by atoms with E-state index < -0.39 is 5.97 Å². The Morgan fingerprint density at radius 2 is 0.711 bits per heavy atom. The Balaban J connectivity index is 3.39. The van der Waals surface area contributed by atoms with Crippen molar-refractivity contribution < 1.29 is 9.90 Å². The molecule has 0 aromatic heterocycles. The molecule has 0 aliphatic rings. The van der Waals surface area contributed by atoms with Crippen LogP contribution in [0.5, 0.6) is 0 Å². The van der Waals surface area contributed by atoms with Crippen molar-refractivity contribution in [2.45, 2.75) is 206 Å². The summed E-state index contributed by atoms with van der Waals surface area (Å²) in [6.07, 6.45) is 43.9. The zero-order valence-corrected chi connectivity index (χ0v) is 26.3. The molecule has 0 rings (SSSR count). The van der Waals surface area contributed by atoms with Gasteiger partial charge in [0.1, 0.15) is 0 Å². The van der Waals surface area contributed by atoms with Gasteiger partial charge in [-0.25, -0.2) is 0 Å². The molecule has 2 nitrogen and oxygen atoms in total. The summed E-state index contributed by atoms with van der Waals surface area (Å²) in [7, 11) is 0. The zero-order valence-electron chi connectivity index (χ0n) is 26.3. The van der Waals surface area contributed by atoms with Crippen LogP contribution in [0.15, 0.2) is 12.2 Å². The number of rotatable bonds is 32. The molecule has 2 heteroatoms. The maximum Gasteiger partial charge on any atom is 0.306 e. The van der Waals surface area contributed by atoms with Crippen molar-refractivity contribution in [2.24, 2.45) is 5.92 Å². The molecule has 0 aromatic carbocycles. The van der Waals surface area contributed by atoms with Gasteiger partial charge >= 0.3 is 5.97 Å². The number of carboxylic acid groups (broad SMARTS) is 1. The molecule has 0 saturated heterocycles. The quantitative estimate of drug-likeness (QED) is 0.0688. The van der Waals surface area contributed by atoms with Gasteiger partial charge in [0.2, 0.25) is 0 Å². The summed E-state index contributed by atoms with van der Waals surface area (Å²) in [5, 5.41) is 9.57. The molecule has 0 aromatic rings. The largest absolute Gasteiger partial charge is 0.481 e. The summed E-state index contributed by atoms with van der Waals surface area (Å²) in [6, 6.07) is 0. The van der Waals surface area contributed by atoms with Crippen molar-refractivity contribution in [2.75, 3.05) is 0 Å². The fourth-order valence-corrected chi connectivity index (χ4v) is 5.61. The minimum atomic E-state index is -0.561. The minimum Gasteiger partial charge on any atom is -0.481 e. The SMILES string of the molecule is CCCCCCCCC=CCCCCCCCCCCCCC(CCCCCCCCCCCC)C(=O)O. The molecule has 0 amide bonds. The highest BCUT2D eigenvalue weighted by Gasteiger charge is 2.16. The molecule has 0 radical (unpaired) electrons. The van der Waals surface area contributed by atoms with Crippen molar-refractivity contribution in [3.8, 4) is 0 Å². The Bertz CT molecular complexity index is 484. The van der Waals surface area contributed by atoms with Crippen molar-refractivity contribution in [1.29, 1.82) is 0 Å². The van der Waals surface area contributed by atoms with Gasteiger partial charge in [0, 0.05) is 0 Å². The predicted molar refractivity (Wildman–Crippen MR) is 170 cm³/mol. The number of aliphatic carboxylic acids is 1. The molecule has 0 fully saturated rings. The van der Waals surface area contributed by atoms with Crippen LogP contribution in [0.2, 0.25) is 0 Å². The molecule has 226 valence electrons. The smallest absolute Gasteiger partial charge is 0.306 e. The van der Waals surface area contributed by atoms with E-state index in [9.17, 15) is 9.90 Å². The first-order valence-electron chi connectivity index (χ1n) is 17.6. The van der Waals surface area contributed by atoms with Gasteiger partial charge in [-0.1, -0.05) is 180 Å². The van der Waals surface area contributed by atoms with Crippen molar-refractivity contribution in [3.05, 3.63) is 12.2 Å². The first kappa shape index (κ1) is 37.2. The Kier molecular flexibility index (Phi) is 31.7. The Morgan fingerprint density at radius 1 is 0.447 bits per heavy atom. The lowest BCUT2D eigenvalue weighted by Crippen LogP contribution is -2.13. The lowest BCUT2D eigenvalue weighted by Gasteiger charge is -2.12. The highest BCUT2D eigenvalue weighted by molar-refractivity contribution is 5.69. The Hall–Kier alpha value is -0.790. The van der Waals surface area contributed by atoms with Crippen LogP contribution in [-0.4, -0.2) is 11.1 Å². The number of carboxylic acids is 1. The lowest BCUT2D eigenvalue weighted by atomic mass is 9.94. The van der Waals surface area contributed by atoms with Crippen LogP contribution in [0.3, 0.4) is 0 Å². The first-order valence-corrected chi connectivity index (χ1v) is 17.6. The van der Waals surface area contributed by atoms with E-state index in [2.05, 4.69) is 26.0 Å². The van der Waals surface area contributed by atoms with Gasteiger partial charge in [0.15, 0.2) is 0 Å². The predicted octanol–water partition coefficient (Wildman–Crippen LogP) is 13.0. The van der Waals surface area contributed by atoms with Crippen LogP contribution < -0.4 is 0 Å². The summed E-state index contributed by atoms with van der Waals surface area (Å²) >= 11 is 0. The third-order valence-electron chi connectivity index (χ3n) is 8.32. The second-order valence-corrected chi connectivity index (χ2v) is 12.1. The van der Waals surface area contributed by atoms with Gasteiger partial charge in [-0.15, -0.1) is 0 Å². The number of carbonyl (C=O) groups is 1. The molecule has 0 aliphatic carbocycles. The van der Waals surface area contributed by atoms with Crippen molar-refractivity contribution in [3.63, 3.8) is 0 Å². The van der Waals surface area contributed by atoms with E-state index in [1.54, 1.807) is 0 Å². The number of allylic oxidation sites excluding steroid dienone is 2. The Morgan fingerprint density at radius 3 is 1.00 bits per heavy atom. The van der Waals surface area contributed by atoms with Gasteiger partial charge in [-0.2, -0.15) is 0 Å². The molecular formula is C36H70O2. The standard InChI is InChI=1S/C36H70O2/c1-3-5-7-9-11-13-15-16-17-18-19-20-21-22-23-24-26-28-30-32-34-35(36(37)38)33-31-29-27-25-14-12-10-8-6-4-2/h16-17,35H,3-15,18-34H2,1-2H3,(H,37,38). The van der Waals surface area contributed by atoms with E-state index >= 15 is 0 Å². The monoisotopic (exact) mass is 535 g/mol. The molecule has 0 heterocycles. The normalized spacial score (nSPS) is 12.5. The third-order valence-corrected chi connectivity index (χ3v) is 8.32. The van der Waals surface area contributed by atoms with Gasteiger partial charge < -0.3 is 5.11 Å². The first-order chi connectivity index (χ1) is 18.7. The lowest BCUT2D eigenvalue weighted by molar-refractivity contribution is -0.142. The number of hydrogen-bond donors (Lipinski definition) is 1. The molecular weight excluding hydrogens is 464 g/mol. The van der Waals surface area contributed by atoms with Crippen LogP contribution in [0.25, 0.3) is 0 Å². The van der Waals surface area contributed by atoms with E-state index in [-0.39, 0.29) is 5.92 Å². The average molecular weight is 535 g/mol. The van der Waals surface area contributed by atoms with Crippen LogP contribution in [0.1, 0.15) is 206 Å². The molecule has 1 atom stereocenters. The Labute approximate surface area is 240 Å². The molecule has 0 spiro atoms. The zero-order chi connectivity index (χ0) is 27.8. The second-order valence-electron chi connectivity index (χ2n) is 12.1. The third kappa shape index (κ3) is 29.8. The molecule has 1 N–H and O–H groups in total. The fourth-order valence-electron chi connectivity index (χ4n) is 5.61. The van der Waals surface area contributed by atoms with Crippen molar-refractivity contribution in [1.82, 2.24) is 0 Å². The fraction of sp³-hybridized carbons (Fsp3) is 0.917. The summed E-state index contributed by atoms with van der Waals surface area (Å²) in [4.78, 5) is 11.6. The summed E-state index contributed by atoms with van der Waals surface area (Å²) in [5.74, 6) is -0.663. The topological polar surface area (TPSA) is 37.3 Å². The van der Waals surface area contributed by atoms with E-state index in [0.29, 0.717) is 0 Å². The van der Waals surface area contributed by atoms with Crippen LogP contribution in [0.4, 0.5) is 0 Å². The molecule has 0 aliphatic heterocycles. The minimum absolute atomic E-state index is 0.102. The number of unbranched alkanes of at least 4 members (excludes halogenated alkanes) is 25. The summed E-state index contributed by atoms with van der Waals surface area (Å²) in [6.45, 7) is 4.55. The van der Waals surface area contributed by atoms with Crippen LogP contribution in [-0.2, 0) is 4.79 Å². The molecule has 38 heavy (non-hydrogen) atoms. The second kappa shape index (κ2) is 32.4. The average Bonchev–Trinajstić information content (AvgIpc) is 2.91. The molecule has 1 unspecified atom stereocenters. The molecule has 0 saturated carbocycles. The summed E-state index contributed by atoms with van der Waals surface area (Å²) < 4.78 is 0. The highest BCUT2D eigenvalue weighted by atomic mass is 16.4. The van der Waals surface area contributed by atoms with E-state index in [0.717, 1.165) is 25.7 Å². The maximum absolute atomic E-state index is 11.6. The van der Waals surface area contributed by atoms with Crippen LogP contribution >= 0.6 is 0 Å². The van der Waals surface area contributed by atoms with Gasteiger partial charge in [0.25, 0.3) is 0 Å². The highest BCUT2D eigenvalue weighted by Crippen LogP contribution is 2.20. The van der Waals surface area contributed by atoms with Gasteiger partial charge in [0.05, 0.1) is 5.92 Å². The maximum atomic E-state index is 11.6. The van der Waals surface area contributed by atoms with Crippen molar-refractivity contribution >= 4 is 5.97 Å². The van der Waals surface area contributed by atoms with Gasteiger partial charge in [-0.3, -0.25) is 4.79 Å². The van der Waals surface area contributed by atoms with Gasteiger partial charge in [-0.05, 0) is 38.5 Å². The summed E-state index contributed by atoms with van der Waals surface area (Å²) in [5.41, 5.74) is 0. The van der Waals surface area contributed by atoms with Crippen LogP contribution in [0, 0.1) is 5.92 Å². The molecule has 0 bridgehead atoms.